The molecular formula is C24H20BrN3O2. The fraction of sp³-hybridized carbons (Fsp3) is 0.125. The van der Waals surface area contributed by atoms with Crippen molar-refractivity contribution in [2.75, 3.05) is 0 Å². The van der Waals surface area contributed by atoms with Crippen molar-refractivity contribution in [3.05, 3.63) is 106 Å². The summed E-state index contributed by atoms with van der Waals surface area (Å²) in [5.74, 6) is 1.18. The maximum absolute atomic E-state index is 11.3. The average molecular weight is 462 g/mol. The summed E-state index contributed by atoms with van der Waals surface area (Å²) in [7, 11) is 0. The van der Waals surface area contributed by atoms with E-state index in [2.05, 4.69) is 70.8 Å². The zero-order valence-electron chi connectivity index (χ0n) is 16.5. The molecule has 0 aliphatic carbocycles. The molecule has 0 bridgehead atoms. The number of nitro benzene ring substituents is 1. The molecule has 0 saturated heterocycles. The van der Waals surface area contributed by atoms with Gasteiger partial charge in [0.2, 0.25) is 0 Å². The Kier molecular flexibility index (Phi) is 5.26. The van der Waals surface area contributed by atoms with Crippen molar-refractivity contribution in [3.8, 4) is 22.6 Å². The van der Waals surface area contributed by atoms with Crippen LogP contribution < -0.4 is 21.5 Å². The summed E-state index contributed by atoms with van der Waals surface area (Å²) in [6.45, 7) is 2.07. The van der Waals surface area contributed by atoms with E-state index in [1.165, 1.54) is 28.7 Å². The molecular weight excluding hydrogens is 442 g/mol. The third kappa shape index (κ3) is 3.33. The molecule has 30 heavy (non-hydrogen) atoms. The molecule has 0 radical (unpaired) electrons. The first-order chi connectivity index (χ1) is 14.1. The molecule has 0 fully saturated rings. The van der Waals surface area contributed by atoms with Gasteiger partial charge in [0.05, 0.1) is 11.3 Å². The number of nitrogens with zero attached hydrogens (tertiary/aromatic N) is 3. The van der Waals surface area contributed by atoms with Crippen LogP contribution in [0.4, 0.5) is 5.69 Å². The van der Waals surface area contributed by atoms with Gasteiger partial charge >= 0.3 is 0 Å². The molecule has 2 heterocycles. The van der Waals surface area contributed by atoms with E-state index >= 15 is 0 Å². The van der Waals surface area contributed by atoms with E-state index in [9.17, 15) is 10.1 Å². The SMILES string of the molecule is Cc1ccc(-n2c(-c3cccc([N+](=O)[O-])c3)c[n+]3c2CCc2ccccc2-3)cc1.[Br-]. The van der Waals surface area contributed by atoms with Gasteiger partial charge in [-0.1, -0.05) is 48.0 Å². The maximum atomic E-state index is 11.3. The van der Waals surface area contributed by atoms with Gasteiger partial charge in [-0.15, -0.1) is 0 Å². The fourth-order valence-electron chi connectivity index (χ4n) is 4.11. The Hall–Kier alpha value is -3.25. The van der Waals surface area contributed by atoms with E-state index in [-0.39, 0.29) is 27.6 Å². The van der Waals surface area contributed by atoms with Crippen molar-refractivity contribution < 1.29 is 26.5 Å². The summed E-state index contributed by atoms with van der Waals surface area (Å²) in [5, 5.41) is 11.3. The molecule has 1 aromatic heterocycles. The van der Waals surface area contributed by atoms with E-state index in [1.54, 1.807) is 12.1 Å². The number of fused-ring (bicyclic) bond motifs is 3. The number of nitro groups is 1. The number of halogens is 1. The zero-order chi connectivity index (χ0) is 20.0. The topological polar surface area (TPSA) is 51.9 Å². The molecule has 3 aromatic carbocycles. The lowest BCUT2D eigenvalue weighted by atomic mass is 10.0. The Bertz CT molecular complexity index is 1250. The number of aromatic nitrogens is 2. The van der Waals surface area contributed by atoms with Gasteiger partial charge in [-0.25, -0.2) is 0 Å². The average Bonchev–Trinajstić information content (AvgIpc) is 3.14. The largest absolute Gasteiger partial charge is 1.00 e. The monoisotopic (exact) mass is 461 g/mol. The molecule has 0 saturated carbocycles. The lowest BCUT2D eigenvalue weighted by molar-refractivity contribution is -0.606. The number of imidazole rings is 1. The number of benzene rings is 3. The normalized spacial score (nSPS) is 11.9. The molecule has 4 aromatic rings. The Morgan fingerprint density at radius 1 is 0.967 bits per heavy atom. The zero-order valence-corrected chi connectivity index (χ0v) is 18.0. The van der Waals surface area contributed by atoms with Crippen LogP contribution in [0.1, 0.15) is 17.0 Å². The van der Waals surface area contributed by atoms with Gasteiger partial charge in [0, 0.05) is 17.7 Å². The van der Waals surface area contributed by atoms with E-state index < -0.39 is 0 Å². The van der Waals surface area contributed by atoms with Gasteiger partial charge in [-0.2, -0.15) is 9.13 Å². The van der Waals surface area contributed by atoms with Crippen molar-refractivity contribution in [2.24, 2.45) is 0 Å². The summed E-state index contributed by atoms with van der Waals surface area (Å²) < 4.78 is 4.46. The number of para-hydroxylation sites is 1. The fourth-order valence-corrected chi connectivity index (χ4v) is 4.11. The molecule has 5 nitrogen and oxygen atoms in total. The summed E-state index contributed by atoms with van der Waals surface area (Å²) >= 11 is 0. The van der Waals surface area contributed by atoms with Crippen molar-refractivity contribution in [1.82, 2.24) is 4.57 Å². The maximum Gasteiger partial charge on any atom is 0.270 e. The summed E-state index contributed by atoms with van der Waals surface area (Å²) in [6.07, 6.45) is 3.98. The molecule has 0 unspecified atom stereocenters. The Morgan fingerprint density at radius 3 is 2.50 bits per heavy atom. The first kappa shape index (κ1) is 20.0. The van der Waals surface area contributed by atoms with Crippen LogP contribution in [-0.2, 0) is 12.8 Å². The van der Waals surface area contributed by atoms with E-state index in [0.29, 0.717) is 0 Å². The molecule has 1 aliphatic heterocycles. The van der Waals surface area contributed by atoms with Crippen LogP contribution in [0.3, 0.4) is 0 Å². The predicted octanol–water partition coefficient (Wildman–Crippen LogP) is 1.74. The first-order valence-electron chi connectivity index (χ1n) is 9.68. The Balaban J connectivity index is 0.00000218. The predicted molar refractivity (Wildman–Crippen MR) is 112 cm³/mol. The van der Waals surface area contributed by atoms with Gasteiger partial charge in [-0.05, 0) is 37.1 Å². The lowest BCUT2D eigenvalue weighted by Crippen LogP contribution is -3.00. The summed E-state index contributed by atoms with van der Waals surface area (Å²) in [6, 6.07) is 23.7. The number of rotatable bonds is 3. The van der Waals surface area contributed by atoms with Crippen molar-refractivity contribution in [1.29, 1.82) is 0 Å². The quantitative estimate of drug-likeness (QED) is 0.265. The standard InChI is InChI=1S/C24H20N3O2.BrH/c1-17-9-12-20(13-10-17)26-23(19-6-4-7-21(15-19)27(28)29)16-25-22-8-3-2-5-18(22)11-14-24(25)26;/h2-10,12-13,15-16H,11,14H2,1H3;1H/q+1;/p-1. The van der Waals surface area contributed by atoms with Crippen LogP contribution in [0.2, 0.25) is 0 Å². The van der Waals surface area contributed by atoms with Crippen LogP contribution in [0.25, 0.3) is 22.6 Å². The van der Waals surface area contributed by atoms with E-state index in [0.717, 1.165) is 29.8 Å². The van der Waals surface area contributed by atoms with Gasteiger partial charge in [0.15, 0.2) is 5.69 Å². The Morgan fingerprint density at radius 2 is 1.73 bits per heavy atom. The van der Waals surface area contributed by atoms with Gasteiger partial charge in [0.1, 0.15) is 17.6 Å². The lowest BCUT2D eigenvalue weighted by Gasteiger charge is -2.14. The minimum atomic E-state index is -0.342. The molecule has 5 rings (SSSR count). The number of non-ortho nitro benzene ring substituents is 1. The second kappa shape index (κ2) is 7.88. The van der Waals surface area contributed by atoms with Crippen LogP contribution in [-0.4, -0.2) is 9.49 Å². The van der Waals surface area contributed by atoms with Gasteiger partial charge in [0.25, 0.3) is 11.5 Å². The Labute approximate surface area is 185 Å². The van der Waals surface area contributed by atoms with Crippen LogP contribution in [0, 0.1) is 17.0 Å². The molecule has 150 valence electrons. The molecule has 0 spiro atoms. The highest BCUT2D eigenvalue weighted by Gasteiger charge is 2.31. The van der Waals surface area contributed by atoms with Gasteiger partial charge in [-0.3, -0.25) is 10.1 Å². The minimum absolute atomic E-state index is 0. The molecule has 0 atom stereocenters. The summed E-state index contributed by atoms with van der Waals surface area (Å²) in [4.78, 5) is 11.0. The molecule has 0 amide bonds. The van der Waals surface area contributed by atoms with Crippen LogP contribution in [0.5, 0.6) is 0 Å². The third-order valence-electron chi connectivity index (χ3n) is 5.54. The van der Waals surface area contributed by atoms with Crippen molar-refractivity contribution in [3.63, 3.8) is 0 Å². The van der Waals surface area contributed by atoms with Gasteiger partial charge < -0.3 is 17.0 Å². The number of hydrogen-bond donors (Lipinski definition) is 0. The van der Waals surface area contributed by atoms with Crippen LogP contribution in [0.15, 0.2) is 79.0 Å². The first-order valence-corrected chi connectivity index (χ1v) is 9.68. The number of hydrogen-bond acceptors (Lipinski definition) is 2. The highest BCUT2D eigenvalue weighted by atomic mass is 79.9. The third-order valence-corrected chi connectivity index (χ3v) is 5.54. The minimum Gasteiger partial charge on any atom is -1.00 e. The number of aryl methyl sites for hydroxylation is 2. The van der Waals surface area contributed by atoms with Crippen molar-refractivity contribution in [2.45, 2.75) is 19.8 Å². The van der Waals surface area contributed by atoms with Crippen LogP contribution >= 0.6 is 0 Å². The molecule has 0 N–H and O–H groups in total. The van der Waals surface area contributed by atoms with Crippen molar-refractivity contribution >= 4 is 5.69 Å². The highest BCUT2D eigenvalue weighted by molar-refractivity contribution is 5.65. The van der Waals surface area contributed by atoms with E-state index in [4.69, 9.17) is 0 Å². The summed E-state index contributed by atoms with van der Waals surface area (Å²) in [5.41, 5.74) is 6.63. The van der Waals surface area contributed by atoms with E-state index in [1.807, 2.05) is 6.07 Å². The highest BCUT2D eigenvalue weighted by Crippen LogP contribution is 2.30. The molecule has 6 heteroatoms. The second-order valence-electron chi connectivity index (χ2n) is 7.41. The second-order valence-corrected chi connectivity index (χ2v) is 7.41. The smallest absolute Gasteiger partial charge is 0.270 e. The molecule has 1 aliphatic rings.